The van der Waals surface area contributed by atoms with Crippen molar-refractivity contribution in [3.63, 3.8) is 0 Å². The lowest BCUT2D eigenvalue weighted by molar-refractivity contribution is -0.129. The van der Waals surface area contributed by atoms with Gasteiger partial charge in [0.1, 0.15) is 0 Å². The summed E-state index contributed by atoms with van der Waals surface area (Å²) in [5.74, 6) is 1.05. The standard InChI is InChI=1S/C18H27ClN4O.HI/c1-3-17(24)23-12-10-16(13-23)22-18(20-4-2)21-11-9-14-5-7-15(19)8-6-14;/h5-8,16H,3-4,9-13H2,1-2H3,(H2,20,21,22);1H. The second-order valence-corrected chi connectivity index (χ2v) is 6.40. The lowest BCUT2D eigenvalue weighted by Crippen LogP contribution is -2.45. The van der Waals surface area contributed by atoms with Gasteiger partial charge in [0.15, 0.2) is 5.96 Å². The van der Waals surface area contributed by atoms with Crippen molar-refractivity contribution in [1.82, 2.24) is 15.5 Å². The molecule has 0 aliphatic carbocycles. The summed E-state index contributed by atoms with van der Waals surface area (Å²) in [7, 11) is 0. The molecule has 1 unspecified atom stereocenters. The summed E-state index contributed by atoms with van der Waals surface area (Å²) in [5.41, 5.74) is 1.22. The Balaban J connectivity index is 0.00000312. The molecule has 1 aromatic carbocycles. The number of nitrogens with one attached hydrogen (secondary N) is 2. The molecule has 140 valence electrons. The zero-order valence-electron chi connectivity index (χ0n) is 14.9. The van der Waals surface area contributed by atoms with Crippen molar-refractivity contribution in [2.75, 3.05) is 26.2 Å². The molecule has 7 heteroatoms. The van der Waals surface area contributed by atoms with Crippen LogP contribution in [0.3, 0.4) is 0 Å². The largest absolute Gasteiger partial charge is 0.357 e. The first-order chi connectivity index (χ1) is 11.6. The zero-order chi connectivity index (χ0) is 17.4. The van der Waals surface area contributed by atoms with Crippen LogP contribution in [0, 0.1) is 0 Å². The molecule has 1 aromatic rings. The number of benzene rings is 1. The molecule has 1 aliphatic rings. The van der Waals surface area contributed by atoms with Crippen molar-refractivity contribution < 1.29 is 4.79 Å². The summed E-state index contributed by atoms with van der Waals surface area (Å²) < 4.78 is 0. The Labute approximate surface area is 172 Å². The highest BCUT2D eigenvalue weighted by molar-refractivity contribution is 14.0. The third kappa shape index (κ3) is 7.40. The quantitative estimate of drug-likeness (QED) is 0.375. The molecule has 1 saturated heterocycles. The number of hydrogen-bond acceptors (Lipinski definition) is 2. The molecule has 1 heterocycles. The molecule has 1 aliphatic heterocycles. The molecule has 0 radical (unpaired) electrons. The smallest absolute Gasteiger partial charge is 0.222 e. The minimum Gasteiger partial charge on any atom is -0.357 e. The molecule has 5 nitrogen and oxygen atoms in total. The van der Waals surface area contributed by atoms with E-state index in [-0.39, 0.29) is 35.9 Å². The van der Waals surface area contributed by atoms with Gasteiger partial charge in [-0.2, -0.15) is 0 Å². The number of carbonyl (C=O) groups is 1. The van der Waals surface area contributed by atoms with E-state index in [1.54, 1.807) is 0 Å². The summed E-state index contributed by atoms with van der Waals surface area (Å²) in [5, 5.41) is 7.48. The van der Waals surface area contributed by atoms with Crippen molar-refractivity contribution >= 4 is 47.4 Å². The maximum absolute atomic E-state index is 11.8. The van der Waals surface area contributed by atoms with Gasteiger partial charge in [-0.3, -0.25) is 9.79 Å². The van der Waals surface area contributed by atoms with Gasteiger partial charge in [-0.15, -0.1) is 24.0 Å². The molecule has 2 N–H and O–H groups in total. The molecule has 1 fully saturated rings. The first-order valence-electron chi connectivity index (χ1n) is 8.69. The van der Waals surface area contributed by atoms with Crippen LogP contribution < -0.4 is 10.6 Å². The van der Waals surface area contributed by atoms with Crippen LogP contribution in [0.5, 0.6) is 0 Å². The van der Waals surface area contributed by atoms with Crippen LogP contribution in [0.1, 0.15) is 32.3 Å². The molecule has 0 saturated carbocycles. The number of likely N-dealkylation sites (tertiary alicyclic amines) is 1. The Morgan fingerprint density at radius 2 is 2.04 bits per heavy atom. The first-order valence-corrected chi connectivity index (χ1v) is 9.07. The van der Waals surface area contributed by atoms with E-state index in [0.29, 0.717) is 13.0 Å². The van der Waals surface area contributed by atoms with Crippen LogP contribution in [-0.4, -0.2) is 49.0 Å². The number of nitrogens with zero attached hydrogens (tertiary/aromatic N) is 2. The number of aliphatic imine (C=N–C) groups is 1. The fraction of sp³-hybridized carbons (Fsp3) is 0.556. The molecule has 1 atom stereocenters. The number of guanidine groups is 1. The fourth-order valence-corrected chi connectivity index (χ4v) is 2.92. The Bertz CT molecular complexity index is 565. The Hall–Kier alpha value is -1.02. The fourth-order valence-electron chi connectivity index (χ4n) is 2.79. The van der Waals surface area contributed by atoms with Crippen molar-refractivity contribution in [2.24, 2.45) is 4.99 Å². The van der Waals surface area contributed by atoms with Gasteiger partial charge in [-0.25, -0.2) is 0 Å². The number of amides is 1. The highest BCUT2D eigenvalue weighted by Crippen LogP contribution is 2.11. The monoisotopic (exact) mass is 478 g/mol. The van der Waals surface area contributed by atoms with Crippen molar-refractivity contribution in [2.45, 2.75) is 39.2 Å². The second-order valence-electron chi connectivity index (χ2n) is 5.96. The van der Waals surface area contributed by atoms with Crippen molar-refractivity contribution in [3.05, 3.63) is 34.9 Å². The molecular weight excluding hydrogens is 451 g/mol. The van der Waals surface area contributed by atoms with E-state index in [1.165, 1.54) is 5.56 Å². The molecule has 0 spiro atoms. The second kappa shape index (κ2) is 11.6. The van der Waals surface area contributed by atoms with E-state index in [4.69, 9.17) is 11.6 Å². The van der Waals surface area contributed by atoms with E-state index < -0.39 is 0 Å². The number of hydrogen-bond donors (Lipinski definition) is 2. The molecule has 1 amide bonds. The highest BCUT2D eigenvalue weighted by atomic mass is 127. The number of rotatable bonds is 6. The summed E-state index contributed by atoms with van der Waals surface area (Å²) in [6, 6.07) is 8.14. The molecule has 0 bridgehead atoms. The molecule has 0 aromatic heterocycles. The van der Waals surface area contributed by atoms with Gasteiger partial charge < -0.3 is 15.5 Å². The summed E-state index contributed by atoms with van der Waals surface area (Å²) in [6.07, 6.45) is 2.41. The van der Waals surface area contributed by atoms with Gasteiger partial charge in [-0.05, 0) is 37.5 Å². The van der Waals surface area contributed by atoms with E-state index in [9.17, 15) is 4.79 Å². The average molecular weight is 479 g/mol. The van der Waals surface area contributed by atoms with Gasteiger partial charge in [-0.1, -0.05) is 30.7 Å². The minimum atomic E-state index is 0. The predicted octanol–water partition coefficient (Wildman–Crippen LogP) is 3.07. The maximum atomic E-state index is 11.8. The summed E-state index contributed by atoms with van der Waals surface area (Å²) in [4.78, 5) is 18.3. The summed E-state index contributed by atoms with van der Waals surface area (Å²) in [6.45, 7) is 7.07. The normalized spacial score (nSPS) is 17.2. The number of halogens is 2. The van der Waals surface area contributed by atoms with Gasteiger partial charge in [0, 0.05) is 43.7 Å². The Kier molecular flexibility index (Phi) is 10.2. The average Bonchev–Trinajstić information content (AvgIpc) is 3.04. The third-order valence-electron chi connectivity index (χ3n) is 4.11. The van der Waals surface area contributed by atoms with Crippen LogP contribution in [0.4, 0.5) is 0 Å². The van der Waals surface area contributed by atoms with Gasteiger partial charge in [0.2, 0.25) is 5.91 Å². The lowest BCUT2D eigenvalue weighted by Gasteiger charge is -2.18. The van der Waals surface area contributed by atoms with E-state index >= 15 is 0 Å². The van der Waals surface area contributed by atoms with Crippen LogP contribution in [0.15, 0.2) is 29.3 Å². The van der Waals surface area contributed by atoms with Crippen LogP contribution >= 0.6 is 35.6 Å². The predicted molar refractivity (Wildman–Crippen MR) is 115 cm³/mol. The van der Waals surface area contributed by atoms with Crippen LogP contribution in [0.2, 0.25) is 5.02 Å². The van der Waals surface area contributed by atoms with E-state index in [0.717, 1.165) is 43.5 Å². The van der Waals surface area contributed by atoms with E-state index in [2.05, 4.69) is 22.5 Å². The van der Waals surface area contributed by atoms with Gasteiger partial charge in [0.05, 0.1) is 0 Å². The molecule has 2 rings (SSSR count). The van der Waals surface area contributed by atoms with Crippen LogP contribution in [0.25, 0.3) is 0 Å². The van der Waals surface area contributed by atoms with Gasteiger partial charge in [0.25, 0.3) is 0 Å². The molecule has 25 heavy (non-hydrogen) atoms. The zero-order valence-corrected chi connectivity index (χ0v) is 18.0. The highest BCUT2D eigenvalue weighted by Gasteiger charge is 2.25. The molecular formula is C18H28ClIN4O. The number of carbonyl (C=O) groups excluding carboxylic acids is 1. The van der Waals surface area contributed by atoms with Crippen LogP contribution in [-0.2, 0) is 11.2 Å². The topological polar surface area (TPSA) is 56.7 Å². The third-order valence-corrected chi connectivity index (χ3v) is 4.36. The van der Waals surface area contributed by atoms with E-state index in [1.807, 2.05) is 36.1 Å². The Morgan fingerprint density at radius 1 is 1.32 bits per heavy atom. The summed E-state index contributed by atoms with van der Waals surface area (Å²) >= 11 is 5.90. The maximum Gasteiger partial charge on any atom is 0.222 e. The van der Waals surface area contributed by atoms with Crippen molar-refractivity contribution in [3.8, 4) is 0 Å². The lowest BCUT2D eigenvalue weighted by atomic mass is 10.1. The minimum absolute atomic E-state index is 0. The van der Waals surface area contributed by atoms with Gasteiger partial charge >= 0.3 is 0 Å². The first kappa shape index (κ1) is 22.0. The Morgan fingerprint density at radius 3 is 2.68 bits per heavy atom. The SMILES string of the molecule is CCNC(=NCCc1ccc(Cl)cc1)NC1CCN(C(=O)CC)C1.I. The van der Waals surface area contributed by atoms with Crippen molar-refractivity contribution in [1.29, 1.82) is 0 Å².